The monoisotopic (exact) mass is 607 g/mol. The first kappa shape index (κ1) is 28.9. The first-order valence-corrected chi connectivity index (χ1v) is 15.1. The Morgan fingerprint density at radius 1 is 1.16 bits per heavy atom. The van der Waals surface area contributed by atoms with Crippen LogP contribution in [0, 0.1) is 0 Å². The number of carbonyl (C=O) groups is 2. The number of carbonyl (C=O) groups excluding carboxylic acids is 2. The normalized spacial score (nSPS) is 16.7. The van der Waals surface area contributed by atoms with Crippen LogP contribution in [-0.4, -0.2) is 48.7 Å². The van der Waals surface area contributed by atoms with Crippen molar-refractivity contribution in [3.8, 4) is 5.75 Å². The molecule has 1 N–H and O–H groups in total. The van der Waals surface area contributed by atoms with E-state index in [-0.39, 0.29) is 28.9 Å². The summed E-state index contributed by atoms with van der Waals surface area (Å²) < 4.78 is 35.9. The molecule has 1 atom stereocenters. The molecular formula is C26H30BrN3O5S2. The number of nitrogens with zero attached hydrogens (tertiary/aromatic N) is 2. The van der Waals surface area contributed by atoms with E-state index in [2.05, 4.69) is 39.1 Å². The molecule has 0 radical (unpaired) electrons. The largest absolute Gasteiger partial charge is 0.494 e. The van der Waals surface area contributed by atoms with E-state index in [0.29, 0.717) is 12.3 Å². The topological polar surface area (TPSA) is 105 Å². The van der Waals surface area contributed by atoms with Crippen molar-refractivity contribution in [3.63, 3.8) is 0 Å². The van der Waals surface area contributed by atoms with Crippen molar-refractivity contribution in [2.24, 2.45) is 4.40 Å². The number of hydrogen-bond acceptors (Lipinski definition) is 6. The van der Waals surface area contributed by atoms with Gasteiger partial charge in [0, 0.05) is 23.1 Å². The summed E-state index contributed by atoms with van der Waals surface area (Å²) in [5, 5.41) is 2.00. The van der Waals surface area contributed by atoms with Gasteiger partial charge in [-0.1, -0.05) is 60.0 Å². The quantitative estimate of drug-likeness (QED) is 0.234. The second-order valence-corrected chi connectivity index (χ2v) is 12.0. The van der Waals surface area contributed by atoms with Gasteiger partial charge in [-0.3, -0.25) is 14.5 Å². The number of unbranched alkanes of at least 4 members (excludes halogenated alkanes) is 3. The van der Waals surface area contributed by atoms with Gasteiger partial charge in [0.25, 0.3) is 10.0 Å². The zero-order chi connectivity index (χ0) is 26.8. The molecule has 1 aliphatic rings. The van der Waals surface area contributed by atoms with Gasteiger partial charge in [-0.15, -0.1) is 11.0 Å². The molecule has 2 aromatic rings. The molecule has 1 aliphatic heterocycles. The molecule has 0 bridgehead atoms. The number of rotatable bonds is 13. The zero-order valence-electron chi connectivity index (χ0n) is 20.6. The first-order chi connectivity index (χ1) is 17.7. The summed E-state index contributed by atoms with van der Waals surface area (Å²) >= 11 is 4.23. The maximum Gasteiger partial charge on any atom is 0.284 e. The predicted molar refractivity (Wildman–Crippen MR) is 151 cm³/mol. The molecule has 198 valence electrons. The number of halogens is 1. The van der Waals surface area contributed by atoms with Gasteiger partial charge in [-0.25, -0.2) is 0 Å². The third-order valence-electron chi connectivity index (χ3n) is 5.42. The summed E-state index contributed by atoms with van der Waals surface area (Å²) in [7, 11) is -4.05. The lowest BCUT2D eigenvalue weighted by Gasteiger charge is -2.13. The van der Waals surface area contributed by atoms with Crippen molar-refractivity contribution in [3.05, 3.63) is 65.7 Å². The number of amides is 2. The summed E-state index contributed by atoms with van der Waals surface area (Å²) in [5.74, 6) is -0.0322. The summed E-state index contributed by atoms with van der Waals surface area (Å²) in [5.41, 5.74) is 0.577. The van der Waals surface area contributed by atoms with E-state index in [1.165, 1.54) is 36.0 Å². The number of nitrogens with one attached hydrogen (secondary N) is 1. The molecular weight excluding hydrogens is 578 g/mol. The minimum atomic E-state index is -4.05. The van der Waals surface area contributed by atoms with Gasteiger partial charge in [0.05, 0.1) is 11.5 Å². The molecule has 1 unspecified atom stereocenters. The van der Waals surface area contributed by atoms with Crippen LogP contribution in [0.15, 0.2) is 75.0 Å². The Hall–Kier alpha value is -2.63. The van der Waals surface area contributed by atoms with Crippen molar-refractivity contribution in [2.45, 2.75) is 49.2 Å². The van der Waals surface area contributed by atoms with Gasteiger partial charge in [0.2, 0.25) is 11.8 Å². The number of ether oxygens (including phenoxy) is 1. The van der Waals surface area contributed by atoms with E-state index in [1.54, 1.807) is 36.4 Å². The Balaban J connectivity index is 1.62. The van der Waals surface area contributed by atoms with Crippen LogP contribution >= 0.6 is 27.7 Å². The van der Waals surface area contributed by atoms with Crippen molar-refractivity contribution in [1.29, 1.82) is 0 Å². The second kappa shape index (κ2) is 13.8. The molecule has 1 fully saturated rings. The van der Waals surface area contributed by atoms with Crippen molar-refractivity contribution in [2.75, 3.05) is 18.5 Å². The standard InChI is InChI=1S/C26H30BrN3O5S2/c1-3-5-6-7-17-35-21-12-10-20(11-13-21)28-24(31)18-23-25(32)30(16-4-2)26(36-23)29-37(33,34)22-14-8-19(27)9-15-22/h4,8-15,23H,2-3,5-7,16-18H2,1H3,(H,28,31). The Bertz CT molecular complexity index is 1230. The molecule has 2 aromatic carbocycles. The van der Waals surface area contributed by atoms with Crippen LogP contribution in [0.1, 0.15) is 39.0 Å². The Labute approximate surface area is 230 Å². The summed E-state index contributed by atoms with van der Waals surface area (Å²) in [4.78, 5) is 26.9. The lowest BCUT2D eigenvalue weighted by molar-refractivity contribution is -0.127. The predicted octanol–water partition coefficient (Wildman–Crippen LogP) is 5.61. The molecule has 0 saturated carbocycles. The Morgan fingerprint density at radius 2 is 1.86 bits per heavy atom. The Morgan fingerprint density at radius 3 is 2.51 bits per heavy atom. The highest BCUT2D eigenvalue weighted by molar-refractivity contribution is 9.10. The number of thioether (sulfide) groups is 1. The van der Waals surface area contributed by atoms with E-state index < -0.39 is 21.2 Å². The lowest BCUT2D eigenvalue weighted by atomic mass is 10.2. The van der Waals surface area contributed by atoms with Crippen molar-refractivity contribution in [1.82, 2.24) is 4.90 Å². The Kier molecular flexibility index (Phi) is 10.8. The van der Waals surface area contributed by atoms with Crippen LogP contribution in [-0.2, 0) is 19.6 Å². The average Bonchev–Trinajstić information content (AvgIpc) is 3.13. The third kappa shape index (κ3) is 8.44. The maximum absolute atomic E-state index is 13.0. The van der Waals surface area contributed by atoms with Gasteiger partial charge >= 0.3 is 0 Å². The molecule has 0 aromatic heterocycles. The fourth-order valence-electron chi connectivity index (χ4n) is 3.50. The highest BCUT2D eigenvalue weighted by Crippen LogP contribution is 2.31. The fourth-order valence-corrected chi connectivity index (χ4v) is 6.13. The van der Waals surface area contributed by atoms with Gasteiger partial charge in [-0.05, 0) is 55.0 Å². The van der Waals surface area contributed by atoms with Gasteiger partial charge in [0.1, 0.15) is 11.0 Å². The minimum absolute atomic E-state index is 0.00406. The maximum atomic E-state index is 13.0. The fraction of sp³-hybridized carbons (Fsp3) is 0.346. The van der Waals surface area contributed by atoms with E-state index in [4.69, 9.17) is 4.74 Å². The lowest BCUT2D eigenvalue weighted by Crippen LogP contribution is -2.33. The zero-order valence-corrected chi connectivity index (χ0v) is 23.8. The average molecular weight is 609 g/mol. The molecule has 2 amide bonds. The number of amidine groups is 1. The van der Waals surface area contributed by atoms with E-state index in [1.807, 2.05) is 0 Å². The van der Waals surface area contributed by atoms with E-state index >= 15 is 0 Å². The second-order valence-electron chi connectivity index (χ2n) is 8.33. The molecule has 0 spiro atoms. The van der Waals surface area contributed by atoms with E-state index in [0.717, 1.165) is 34.8 Å². The molecule has 8 nitrogen and oxygen atoms in total. The molecule has 11 heteroatoms. The van der Waals surface area contributed by atoms with Crippen LogP contribution in [0.5, 0.6) is 5.75 Å². The van der Waals surface area contributed by atoms with Gasteiger partial charge < -0.3 is 10.1 Å². The molecule has 1 heterocycles. The smallest absolute Gasteiger partial charge is 0.284 e. The van der Waals surface area contributed by atoms with Gasteiger partial charge in [-0.2, -0.15) is 8.42 Å². The van der Waals surface area contributed by atoms with Crippen LogP contribution < -0.4 is 10.1 Å². The minimum Gasteiger partial charge on any atom is -0.494 e. The van der Waals surface area contributed by atoms with Crippen LogP contribution in [0.3, 0.4) is 0 Å². The number of anilines is 1. The highest BCUT2D eigenvalue weighted by atomic mass is 79.9. The summed E-state index contributed by atoms with van der Waals surface area (Å²) in [6.45, 7) is 6.53. The number of benzene rings is 2. The van der Waals surface area contributed by atoms with Crippen molar-refractivity contribution < 1.29 is 22.7 Å². The SMILES string of the molecule is C=CCN1C(=O)C(CC(=O)Nc2ccc(OCCCCCC)cc2)SC1=NS(=O)(=O)c1ccc(Br)cc1. The van der Waals surface area contributed by atoms with Crippen LogP contribution in [0.4, 0.5) is 5.69 Å². The summed E-state index contributed by atoms with van der Waals surface area (Å²) in [6, 6.07) is 13.1. The van der Waals surface area contributed by atoms with E-state index in [9.17, 15) is 18.0 Å². The molecule has 1 saturated heterocycles. The third-order valence-corrected chi connectivity index (χ3v) is 8.52. The van der Waals surface area contributed by atoms with Crippen LogP contribution in [0.2, 0.25) is 0 Å². The summed E-state index contributed by atoms with van der Waals surface area (Å²) in [6.07, 6.45) is 5.84. The van der Waals surface area contributed by atoms with Gasteiger partial charge in [0.15, 0.2) is 5.17 Å². The molecule has 0 aliphatic carbocycles. The number of sulfonamides is 1. The van der Waals surface area contributed by atoms with Crippen molar-refractivity contribution >= 4 is 60.4 Å². The molecule has 37 heavy (non-hydrogen) atoms. The van der Waals surface area contributed by atoms with Crippen LogP contribution in [0.25, 0.3) is 0 Å². The first-order valence-electron chi connectivity index (χ1n) is 12.0. The number of hydrogen-bond donors (Lipinski definition) is 1. The molecule has 3 rings (SSSR count). The highest BCUT2D eigenvalue weighted by Gasteiger charge is 2.39.